The number of nitrogens with zero attached hydrogens (tertiary/aromatic N) is 2. The third-order valence-electron chi connectivity index (χ3n) is 2.81. The molecule has 0 bridgehead atoms. The highest BCUT2D eigenvalue weighted by atomic mass is 19.4. The van der Waals surface area contributed by atoms with E-state index in [2.05, 4.69) is 0 Å². The number of nitriles is 1. The Bertz CT molecular complexity index is 501. The van der Waals surface area contributed by atoms with Crippen molar-refractivity contribution in [3.8, 4) is 6.07 Å². The SMILES string of the molecule is CC(C)N(CCC#N)C(=O)c1ccc(C(F)(F)F)cc1. The Balaban J connectivity index is 2.93. The minimum Gasteiger partial charge on any atom is -0.335 e. The predicted octanol–water partition coefficient (Wildman–Crippen LogP) is 3.47. The van der Waals surface area contributed by atoms with Gasteiger partial charge in [-0.15, -0.1) is 0 Å². The fourth-order valence-electron chi connectivity index (χ4n) is 1.73. The summed E-state index contributed by atoms with van der Waals surface area (Å²) < 4.78 is 37.3. The molecule has 0 spiro atoms. The first-order valence-corrected chi connectivity index (χ1v) is 6.12. The predicted molar refractivity (Wildman–Crippen MR) is 67.8 cm³/mol. The summed E-state index contributed by atoms with van der Waals surface area (Å²) in [6, 6.07) is 5.91. The molecule has 0 aliphatic rings. The second-order valence-electron chi connectivity index (χ2n) is 4.58. The lowest BCUT2D eigenvalue weighted by molar-refractivity contribution is -0.137. The molecule has 0 heterocycles. The molecule has 1 aromatic rings. The first-order chi connectivity index (χ1) is 9.27. The number of hydrogen-bond donors (Lipinski definition) is 0. The Morgan fingerprint density at radius 2 is 1.85 bits per heavy atom. The summed E-state index contributed by atoms with van der Waals surface area (Å²) in [5, 5.41) is 8.56. The zero-order valence-corrected chi connectivity index (χ0v) is 11.2. The van der Waals surface area contributed by atoms with E-state index in [9.17, 15) is 18.0 Å². The number of amides is 1. The third-order valence-corrected chi connectivity index (χ3v) is 2.81. The summed E-state index contributed by atoms with van der Waals surface area (Å²) in [6.07, 6.45) is -4.23. The van der Waals surface area contributed by atoms with E-state index in [4.69, 9.17) is 5.26 Å². The Kier molecular flexibility index (Phi) is 5.14. The van der Waals surface area contributed by atoms with Crippen LogP contribution in [-0.2, 0) is 6.18 Å². The third kappa shape index (κ3) is 3.98. The molecule has 3 nitrogen and oxygen atoms in total. The van der Waals surface area contributed by atoms with Crippen molar-refractivity contribution < 1.29 is 18.0 Å². The Morgan fingerprint density at radius 3 is 2.25 bits per heavy atom. The molecule has 108 valence electrons. The second-order valence-corrected chi connectivity index (χ2v) is 4.58. The lowest BCUT2D eigenvalue weighted by Crippen LogP contribution is -2.37. The Morgan fingerprint density at radius 1 is 1.30 bits per heavy atom. The maximum atomic E-state index is 12.4. The van der Waals surface area contributed by atoms with Gasteiger partial charge in [0, 0.05) is 18.2 Å². The van der Waals surface area contributed by atoms with E-state index < -0.39 is 11.7 Å². The summed E-state index contributed by atoms with van der Waals surface area (Å²) in [5.41, 5.74) is -0.605. The van der Waals surface area contributed by atoms with Crippen molar-refractivity contribution in [2.75, 3.05) is 6.54 Å². The molecule has 0 saturated heterocycles. The maximum absolute atomic E-state index is 12.4. The monoisotopic (exact) mass is 284 g/mol. The minimum absolute atomic E-state index is 0.127. The van der Waals surface area contributed by atoms with Gasteiger partial charge in [-0.3, -0.25) is 4.79 Å². The topological polar surface area (TPSA) is 44.1 Å². The van der Waals surface area contributed by atoms with Gasteiger partial charge in [-0.2, -0.15) is 18.4 Å². The number of alkyl halides is 3. The Labute approximate surface area is 115 Å². The number of carbonyl (C=O) groups excluding carboxylic acids is 1. The van der Waals surface area contributed by atoms with Gasteiger partial charge in [0.25, 0.3) is 5.91 Å². The van der Waals surface area contributed by atoms with Gasteiger partial charge in [-0.05, 0) is 38.1 Å². The first kappa shape index (κ1) is 16.0. The van der Waals surface area contributed by atoms with Crippen LogP contribution in [0.4, 0.5) is 13.2 Å². The largest absolute Gasteiger partial charge is 0.416 e. The van der Waals surface area contributed by atoms with Crippen LogP contribution in [0.1, 0.15) is 36.2 Å². The molecule has 0 aliphatic carbocycles. The summed E-state index contributed by atoms with van der Waals surface area (Å²) in [7, 11) is 0. The fourth-order valence-corrected chi connectivity index (χ4v) is 1.73. The van der Waals surface area contributed by atoms with Crippen molar-refractivity contribution in [3.05, 3.63) is 35.4 Å². The van der Waals surface area contributed by atoms with Crippen molar-refractivity contribution in [2.24, 2.45) is 0 Å². The standard InChI is InChI=1S/C14H15F3N2O/c1-10(2)19(9-3-8-18)13(20)11-4-6-12(7-5-11)14(15,16)17/h4-7,10H,3,9H2,1-2H3. The van der Waals surface area contributed by atoms with Gasteiger partial charge in [0.05, 0.1) is 18.1 Å². The van der Waals surface area contributed by atoms with E-state index >= 15 is 0 Å². The highest BCUT2D eigenvalue weighted by Gasteiger charge is 2.30. The zero-order valence-electron chi connectivity index (χ0n) is 11.2. The van der Waals surface area contributed by atoms with Crippen LogP contribution < -0.4 is 0 Å². The van der Waals surface area contributed by atoms with Crippen molar-refractivity contribution in [2.45, 2.75) is 32.5 Å². The summed E-state index contributed by atoms with van der Waals surface area (Å²) in [4.78, 5) is 13.7. The van der Waals surface area contributed by atoms with Gasteiger partial charge in [-0.25, -0.2) is 0 Å². The van der Waals surface area contributed by atoms with Crippen molar-refractivity contribution >= 4 is 5.91 Å². The average Bonchev–Trinajstić information content (AvgIpc) is 2.37. The molecule has 0 aliphatic heterocycles. The molecule has 0 atom stereocenters. The molecule has 0 unspecified atom stereocenters. The second kappa shape index (κ2) is 6.42. The lowest BCUT2D eigenvalue weighted by atomic mass is 10.1. The molecule has 1 aromatic carbocycles. The highest BCUT2D eigenvalue weighted by molar-refractivity contribution is 5.94. The fraction of sp³-hybridized carbons (Fsp3) is 0.429. The van der Waals surface area contributed by atoms with Crippen LogP contribution in [0, 0.1) is 11.3 Å². The minimum atomic E-state index is -4.42. The maximum Gasteiger partial charge on any atom is 0.416 e. The molecule has 20 heavy (non-hydrogen) atoms. The van der Waals surface area contributed by atoms with E-state index in [-0.39, 0.29) is 30.5 Å². The van der Waals surface area contributed by atoms with Crippen LogP contribution in [0.15, 0.2) is 24.3 Å². The number of rotatable bonds is 4. The molecule has 0 fully saturated rings. The van der Waals surface area contributed by atoms with E-state index in [0.717, 1.165) is 24.3 Å². The van der Waals surface area contributed by atoms with E-state index in [1.165, 1.54) is 4.90 Å². The van der Waals surface area contributed by atoms with Gasteiger partial charge < -0.3 is 4.90 Å². The molecule has 1 rings (SSSR count). The highest BCUT2D eigenvalue weighted by Crippen LogP contribution is 2.29. The van der Waals surface area contributed by atoms with Gasteiger partial charge in [0.2, 0.25) is 0 Å². The van der Waals surface area contributed by atoms with Crippen molar-refractivity contribution in [1.82, 2.24) is 4.90 Å². The van der Waals surface area contributed by atoms with Crippen LogP contribution in [0.3, 0.4) is 0 Å². The molecular formula is C14H15F3N2O. The average molecular weight is 284 g/mol. The lowest BCUT2D eigenvalue weighted by Gasteiger charge is -2.26. The summed E-state index contributed by atoms with van der Waals surface area (Å²) in [6.45, 7) is 3.84. The van der Waals surface area contributed by atoms with E-state index in [1.54, 1.807) is 13.8 Å². The van der Waals surface area contributed by atoms with Gasteiger partial charge >= 0.3 is 6.18 Å². The number of carbonyl (C=O) groups is 1. The normalized spacial score (nSPS) is 11.2. The molecule has 1 amide bonds. The number of hydrogen-bond acceptors (Lipinski definition) is 2. The quantitative estimate of drug-likeness (QED) is 0.849. The summed E-state index contributed by atoms with van der Waals surface area (Å²) in [5.74, 6) is -0.371. The van der Waals surface area contributed by atoms with Crippen LogP contribution in [0.5, 0.6) is 0 Å². The van der Waals surface area contributed by atoms with Crippen LogP contribution in [-0.4, -0.2) is 23.4 Å². The summed E-state index contributed by atoms with van der Waals surface area (Å²) >= 11 is 0. The van der Waals surface area contributed by atoms with Crippen molar-refractivity contribution in [3.63, 3.8) is 0 Å². The molecule has 0 N–H and O–H groups in total. The first-order valence-electron chi connectivity index (χ1n) is 6.12. The van der Waals surface area contributed by atoms with E-state index in [0.29, 0.717) is 0 Å². The smallest absolute Gasteiger partial charge is 0.335 e. The van der Waals surface area contributed by atoms with Crippen molar-refractivity contribution in [1.29, 1.82) is 5.26 Å². The van der Waals surface area contributed by atoms with Crippen LogP contribution in [0.2, 0.25) is 0 Å². The molecule has 6 heteroatoms. The van der Waals surface area contributed by atoms with Gasteiger partial charge in [0.1, 0.15) is 0 Å². The molecule has 0 radical (unpaired) electrons. The zero-order chi connectivity index (χ0) is 15.3. The van der Waals surface area contributed by atoms with E-state index in [1.807, 2.05) is 6.07 Å². The number of benzene rings is 1. The number of halogens is 3. The van der Waals surface area contributed by atoms with Crippen LogP contribution >= 0.6 is 0 Å². The molecule has 0 saturated carbocycles. The Hall–Kier alpha value is -2.03. The van der Waals surface area contributed by atoms with Gasteiger partial charge in [0.15, 0.2) is 0 Å². The van der Waals surface area contributed by atoms with Gasteiger partial charge in [-0.1, -0.05) is 0 Å². The van der Waals surface area contributed by atoms with Crippen LogP contribution in [0.25, 0.3) is 0 Å². The molecular weight excluding hydrogens is 269 g/mol. The molecule has 0 aromatic heterocycles.